The Morgan fingerprint density at radius 2 is 2.10 bits per heavy atom. The number of ether oxygens (including phenoxy) is 2. The van der Waals surface area contributed by atoms with Crippen molar-refractivity contribution in [3.05, 3.63) is 41.5 Å². The lowest BCUT2D eigenvalue weighted by Gasteiger charge is -2.47. The van der Waals surface area contributed by atoms with Crippen molar-refractivity contribution in [3.63, 3.8) is 0 Å². The molecule has 1 saturated heterocycles. The lowest BCUT2D eigenvalue weighted by Crippen LogP contribution is -2.43. The van der Waals surface area contributed by atoms with E-state index >= 15 is 0 Å². The van der Waals surface area contributed by atoms with E-state index in [-0.39, 0.29) is 18.1 Å². The highest BCUT2D eigenvalue weighted by Crippen LogP contribution is 2.50. The van der Waals surface area contributed by atoms with Crippen LogP contribution in [0.4, 0.5) is 0 Å². The van der Waals surface area contributed by atoms with E-state index in [1.807, 2.05) is 12.1 Å². The molecule has 0 amide bonds. The molecule has 108 valence electrons. The number of rotatable bonds is 3. The Kier molecular flexibility index (Phi) is 3.57. The molecule has 20 heavy (non-hydrogen) atoms. The largest absolute Gasteiger partial charge is 0.497 e. The third kappa shape index (κ3) is 2.25. The lowest BCUT2D eigenvalue weighted by atomic mass is 9.67. The molecule has 0 aromatic heterocycles. The molecule has 1 aliphatic carbocycles. The predicted molar refractivity (Wildman–Crippen MR) is 77.7 cm³/mol. The van der Waals surface area contributed by atoms with Gasteiger partial charge in [0.2, 0.25) is 0 Å². The number of hydrogen-bond acceptors (Lipinski definition) is 3. The molecule has 2 bridgehead atoms. The van der Waals surface area contributed by atoms with Gasteiger partial charge in [-0.3, -0.25) is 0 Å². The van der Waals surface area contributed by atoms with Gasteiger partial charge in [0, 0.05) is 11.3 Å². The van der Waals surface area contributed by atoms with Gasteiger partial charge in [-0.05, 0) is 37.5 Å². The van der Waals surface area contributed by atoms with Gasteiger partial charge in [-0.1, -0.05) is 23.8 Å². The van der Waals surface area contributed by atoms with Crippen LogP contribution in [0.25, 0.3) is 0 Å². The highest BCUT2D eigenvalue weighted by molar-refractivity contribution is 5.31. The van der Waals surface area contributed by atoms with Crippen molar-refractivity contribution >= 4 is 0 Å². The monoisotopic (exact) mass is 274 g/mol. The highest BCUT2D eigenvalue weighted by atomic mass is 16.5. The molecule has 1 fully saturated rings. The summed E-state index contributed by atoms with van der Waals surface area (Å²) in [5, 5.41) is 9.68. The van der Waals surface area contributed by atoms with Crippen LogP contribution in [0.2, 0.25) is 0 Å². The Balaban J connectivity index is 1.87. The molecule has 0 radical (unpaired) electrons. The van der Waals surface area contributed by atoms with Crippen molar-refractivity contribution in [2.45, 2.75) is 25.9 Å². The predicted octanol–water partition coefficient (Wildman–Crippen LogP) is 3.10. The molecule has 3 atom stereocenters. The topological polar surface area (TPSA) is 38.7 Å². The number of fused-ring (bicyclic) bond motifs is 2. The fraction of sp³-hybridized carbons (Fsp3) is 0.529. The summed E-state index contributed by atoms with van der Waals surface area (Å²) in [6.07, 6.45) is 4.32. The number of allylic oxidation sites excluding steroid dienone is 1. The zero-order valence-electron chi connectivity index (χ0n) is 12.1. The second kappa shape index (κ2) is 5.23. The van der Waals surface area contributed by atoms with Crippen LogP contribution in [0.5, 0.6) is 5.75 Å². The van der Waals surface area contributed by atoms with Gasteiger partial charge in [-0.2, -0.15) is 0 Å². The first-order valence-corrected chi connectivity index (χ1v) is 7.20. The average molecular weight is 274 g/mol. The molecular formula is C17H22O3. The number of benzene rings is 1. The third-order valence-electron chi connectivity index (χ3n) is 4.81. The van der Waals surface area contributed by atoms with Crippen LogP contribution >= 0.6 is 0 Å². The first-order valence-electron chi connectivity index (χ1n) is 7.20. The van der Waals surface area contributed by atoms with E-state index < -0.39 is 0 Å². The summed E-state index contributed by atoms with van der Waals surface area (Å²) in [6.45, 7) is 3.03. The van der Waals surface area contributed by atoms with Crippen LogP contribution in [0.15, 0.2) is 35.9 Å². The average Bonchev–Trinajstić information content (AvgIpc) is 2.52. The van der Waals surface area contributed by atoms with Crippen LogP contribution in [0.1, 0.15) is 31.4 Å². The van der Waals surface area contributed by atoms with Gasteiger partial charge >= 0.3 is 0 Å². The minimum Gasteiger partial charge on any atom is -0.497 e. The molecule has 0 saturated carbocycles. The Hall–Kier alpha value is -1.32. The zero-order chi connectivity index (χ0) is 14.2. The van der Waals surface area contributed by atoms with Crippen LogP contribution in [0, 0.1) is 11.3 Å². The Labute approximate surface area is 120 Å². The van der Waals surface area contributed by atoms with Gasteiger partial charge in [0.15, 0.2) is 0 Å². The first kappa shape index (κ1) is 13.7. The van der Waals surface area contributed by atoms with Gasteiger partial charge in [0.05, 0.1) is 26.4 Å². The van der Waals surface area contributed by atoms with E-state index in [4.69, 9.17) is 9.47 Å². The third-order valence-corrected chi connectivity index (χ3v) is 4.81. The maximum absolute atomic E-state index is 9.68. The van der Waals surface area contributed by atoms with E-state index in [1.165, 1.54) is 11.1 Å². The molecule has 1 aromatic rings. The fourth-order valence-corrected chi connectivity index (χ4v) is 3.38. The molecular weight excluding hydrogens is 252 g/mol. The first-order chi connectivity index (χ1) is 9.67. The van der Waals surface area contributed by atoms with E-state index in [9.17, 15) is 5.11 Å². The van der Waals surface area contributed by atoms with Crippen LogP contribution in [-0.2, 0) is 4.74 Å². The summed E-state index contributed by atoms with van der Waals surface area (Å²) < 4.78 is 11.3. The molecule has 1 heterocycles. The Bertz CT molecular complexity index is 505. The normalized spacial score (nSPS) is 32.6. The highest BCUT2D eigenvalue weighted by Gasteiger charge is 2.44. The maximum Gasteiger partial charge on any atom is 0.118 e. The molecule has 1 N–H and O–H groups in total. The molecule has 3 nitrogen and oxygen atoms in total. The van der Waals surface area contributed by atoms with E-state index in [0.29, 0.717) is 12.5 Å². The van der Waals surface area contributed by atoms with Gasteiger partial charge in [0.1, 0.15) is 5.75 Å². The van der Waals surface area contributed by atoms with Crippen LogP contribution < -0.4 is 4.74 Å². The lowest BCUT2D eigenvalue weighted by molar-refractivity contribution is -0.113. The molecule has 1 unspecified atom stereocenters. The SMILES string of the molecule is COc1ccc(C2OC[C@]3(CO)CC=C(C)[C@@H]2C3)cc1. The van der Waals surface area contributed by atoms with Crippen molar-refractivity contribution < 1.29 is 14.6 Å². The summed E-state index contributed by atoms with van der Waals surface area (Å²) in [7, 11) is 1.68. The summed E-state index contributed by atoms with van der Waals surface area (Å²) >= 11 is 0. The standard InChI is InChI=1S/C17H22O3/c1-12-7-8-17(10-18)9-15(12)16(20-11-17)13-3-5-14(19-2)6-4-13/h3-7,15-16,18H,8-11H2,1-2H3/t15-,16?,17+/m0/s1. The van der Waals surface area contributed by atoms with E-state index in [1.54, 1.807) is 7.11 Å². The van der Waals surface area contributed by atoms with Crippen molar-refractivity contribution in [1.29, 1.82) is 0 Å². The molecule has 2 aliphatic rings. The number of aliphatic hydroxyl groups excluding tert-OH is 1. The summed E-state index contributed by atoms with van der Waals surface area (Å²) in [4.78, 5) is 0. The Morgan fingerprint density at radius 1 is 1.35 bits per heavy atom. The van der Waals surface area contributed by atoms with Crippen LogP contribution in [0.3, 0.4) is 0 Å². The quantitative estimate of drug-likeness (QED) is 0.861. The maximum atomic E-state index is 9.68. The summed E-state index contributed by atoms with van der Waals surface area (Å²) in [5.74, 6) is 1.24. The van der Waals surface area contributed by atoms with Crippen molar-refractivity contribution in [2.75, 3.05) is 20.3 Å². The van der Waals surface area contributed by atoms with Crippen molar-refractivity contribution in [1.82, 2.24) is 0 Å². The van der Waals surface area contributed by atoms with Crippen molar-refractivity contribution in [3.8, 4) is 5.75 Å². The Morgan fingerprint density at radius 3 is 2.75 bits per heavy atom. The smallest absolute Gasteiger partial charge is 0.118 e. The van der Waals surface area contributed by atoms with Gasteiger partial charge < -0.3 is 14.6 Å². The molecule has 1 aromatic carbocycles. The second-order valence-corrected chi connectivity index (χ2v) is 6.13. The fourth-order valence-electron chi connectivity index (χ4n) is 3.38. The van der Waals surface area contributed by atoms with Gasteiger partial charge in [-0.25, -0.2) is 0 Å². The minimum atomic E-state index is -0.0624. The number of methoxy groups -OCH3 is 1. The molecule has 1 aliphatic heterocycles. The number of hydrogen-bond donors (Lipinski definition) is 1. The second-order valence-electron chi connectivity index (χ2n) is 6.13. The summed E-state index contributed by atoms with van der Waals surface area (Å²) in [6, 6.07) is 8.12. The summed E-state index contributed by atoms with van der Waals surface area (Å²) in [5.41, 5.74) is 2.51. The van der Waals surface area contributed by atoms with Crippen LogP contribution in [-0.4, -0.2) is 25.4 Å². The van der Waals surface area contributed by atoms with Gasteiger partial charge in [0.25, 0.3) is 0 Å². The number of aliphatic hydroxyl groups is 1. The van der Waals surface area contributed by atoms with E-state index in [0.717, 1.165) is 18.6 Å². The molecule has 3 heteroatoms. The van der Waals surface area contributed by atoms with Crippen molar-refractivity contribution in [2.24, 2.45) is 11.3 Å². The zero-order valence-corrected chi connectivity index (χ0v) is 12.1. The minimum absolute atomic E-state index is 0.0624. The van der Waals surface area contributed by atoms with E-state index in [2.05, 4.69) is 25.1 Å². The van der Waals surface area contributed by atoms with Gasteiger partial charge in [-0.15, -0.1) is 0 Å². The molecule has 3 rings (SSSR count). The molecule has 0 spiro atoms.